The molecule has 0 aromatic heterocycles. The minimum absolute atomic E-state index is 0.0613. The van der Waals surface area contributed by atoms with Crippen LogP contribution < -0.4 is 9.64 Å². The molecule has 2 aromatic carbocycles. The maximum atomic E-state index is 14.5. The molecule has 8 heteroatoms. The van der Waals surface area contributed by atoms with E-state index in [1.54, 1.807) is 44.2 Å². The Bertz CT molecular complexity index is 964. The van der Waals surface area contributed by atoms with Crippen LogP contribution in [-0.4, -0.2) is 57.2 Å². The predicted octanol–water partition coefficient (Wildman–Crippen LogP) is 6.11. The molecule has 1 fully saturated rings. The zero-order chi connectivity index (χ0) is 25.4. The Morgan fingerprint density at radius 1 is 1.11 bits per heavy atom. The fourth-order valence-electron chi connectivity index (χ4n) is 4.55. The summed E-state index contributed by atoms with van der Waals surface area (Å²) in [7, 11) is 6.97. The fraction of sp³-hybridized carbons (Fsp3) is 0.519. The molecular weight excluding hydrogens is 515 g/mol. The zero-order valence-corrected chi connectivity index (χ0v) is 22.6. The molecule has 192 valence electrons. The van der Waals surface area contributed by atoms with Crippen molar-refractivity contribution < 1.29 is 23.4 Å². The second-order valence-corrected chi connectivity index (χ2v) is 9.86. The Kier molecular flexibility index (Phi) is 9.95. The second-order valence-electron chi connectivity index (χ2n) is 9.07. The molecule has 0 spiro atoms. The lowest BCUT2D eigenvalue weighted by Crippen LogP contribution is -2.39. The molecule has 1 aliphatic rings. The largest absolute Gasteiger partial charge is 0.489 e. The molecule has 2 aromatic rings. The van der Waals surface area contributed by atoms with Crippen molar-refractivity contribution in [3.05, 3.63) is 59.4 Å². The summed E-state index contributed by atoms with van der Waals surface area (Å²) in [5.41, 5.74) is 1.99. The van der Waals surface area contributed by atoms with Crippen LogP contribution in [0.2, 0.25) is 0 Å². The number of urea groups is 1. The molecule has 0 aliphatic heterocycles. The summed E-state index contributed by atoms with van der Waals surface area (Å²) in [5.74, 6) is 0.123. The number of amides is 2. The van der Waals surface area contributed by atoms with Gasteiger partial charge in [-0.05, 0) is 67.5 Å². The van der Waals surface area contributed by atoms with Crippen LogP contribution in [0, 0.1) is 5.82 Å². The van der Waals surface area contributed by atoms with Crippen molar-refractivity contribution >= 4 is 27.6 Å². The van der Waals surface area contributed by atoms with Crippen LogP contribution in [0.3, 0.4) is 0 Å². The molecule has 1 aliphatic carbocycles. The van der Waals surface area contributed by atoms with E-state index in [0.29, 0.717) is 12.3 Å². The van der Waals surface area contributed by atoms with E-state index in [4.69, 9.17) is 14.2 Å². The Balaban J connectivity index is 1.65. The summed E-state index contributed by atoms with van der Waals surface area (Å²) < 4.78 is 31.9. The number of halogens is 2. The summed E-state index contributed by atoms with van der Waals surface area (Å²) in [5, 5.41) is 0.858. The van der Waals surface area contributed by atoms with Crippen LogP contribution in [0.1, 0.15) is 43.2 Å². The standard InChI is InChI=1S/C27H36BrFN2O4/c1-30(15-5-14-28)26(32)31(2)23-8-6-20(7-9-23)19-35-25-17-21(16-22(29)18-25)27(34-4)12-10-24(33-3)11-13-27/h6-9,16-18,24H,5,10-15,19H2,1-4H3/t24-,27+. The van der Waals surface area contributed by atoms with Gasteiger partial charge in [0.25, 0.3) is 0 Å². The van der Waals surface area contributed by atoms with Gasteiger partial charge in [-0.2, -0.15) is 0 Å². The number of carbonyl (C=O) groups is 1. The molecular formula is C27H36BrFN2O4. The molecule has 3 rings (SSSR count). The summed E-state index contributed by atoms with van der Waals surface area (Å²) in [6, 6.07) is 12.4. The van der Waals surface area contributed by atoms with Gasteiger partial charge in [0.05, 0.1) is 11.7 Å². The first-order valence-electron chi connectivity index (χ1n) is 12.0. The molecule has 6 nitrogen and oxygen atoms in total. The van der Waals surface area contributed by atoms with Gasteiger partial charge in [0, 0.05) is 51.9 Å². The number of rotatable bonds is 10. The Morgan fingerprint density at radius 3 is 2.40 bits per heavy atom. The third kappa shape index (κ3) is 6.96. The van der Waals surface area contributed by atoms with Crippen LogP contribution in [-0.2, 0) is 21.7 Å². The molecule has 0 bridgehead atoms. The van der Waals surface area contributed by atoms with Gasteiger partial charge in [-0.25, -0.2) is 9.18 Å². The number of anilines is 1. The van der Waals surface area contributed by atoms with E-state index >= 15 is 0 Å². The van der Waals surface area contributed by atoms with E-state index in [9.17, 15) is 9.18 Å². The highest BCUT2D eigenvalue weighted by Gasteiger charge is 2.37. The van der Waals surface area contributed by atoms with Crippen LogP contribution in [0.4, 0.5) is 14.9 Å². The van der Waals surface area contributed by atoms with Gasteiger partial charge in [-0.15, -0.1) is 0 Å². The smallest absolute Gasteiger partial charge is 0.323 e. The van der Waals surface area contributed by atoms with Crippen LogP contribution in [0.5, 0.6) is 5.75 Å². The van der Waals surface area contributed by atoms with E-state index in [-0.39, 0.29) is 24.6 Å². The first-order valence-corrected chi connectivity index (χ1v) is 13.1. The quantitative estimate of drug-likeness (QED) is 0.335. The Morgan fingerprint density at radius 2 is 1.80 bits per heavy atom. The van der Waals surface area contributed by atoms with E-state index in [1.807, 2.05) is 30.3 Å². The monoisotopic (exact) mass is 550 g/mol. The third-order valence-electron chi connectivity index (χ3n) is 6.83. The molecule has 2 amide bonds. The minimum Gasteiger partial charge on any atom is -0.489 e. The van der Waals surface area contributed by atoms with Crippen molar-refractivity contribution in [3.63, 3.8) is 0 Å². The molecule has 0 atom stereocenters. The summed E-state index contributed by atoms with van der Waals surface area (Å²) in [6.45, 7) is 0.977. The second kappa shape index (κ2) is 12.7. The molecule has 35 heavy (non-hydrogen) atoms. The summed E-state index contributed by atoms with van der Waals surface area (Å²) in [4.78, 5) is 15.9. The number of benzene rings is 2. The van der Waals surface area contributed by atoms with Gasteiger partial charge in [0.1, 0.15) is 18.2 Å². The molecule has 0 saturated heterocycles. The fourth-order valence-corrected chi connectivity index (χ4v) is 4.81. The average molecular weight is 551 g/mol. The summed E-state index contributed by atoms with van der Waals surface area (Å²) >= 11 is 3.39. The maximum absolute atomic E-state index is 14.5. The Hall–Kier alpha value is -2.16. The first kappa shape index (κ1) is 27.4. The lowest BCUT2D eigenvalue weighted by Gasteiger charge is -2.39. The van der Waals surface area contributed by atoms with E-state index in [0.717, 1.165) is 54.2 Å². The molecule has 0 unspecified atom stereocenters. The van der Waals surface area contributed by atoms with Crippen molar-refractivity contribution in [3.8, 4) is 5.75 Å². The van der Waals surface area contributed by atoms with Gasteiger partial charge in [0.15, 0.2) is 0 Å². The minimum atomic E-state index is -0.532. The van der Waals surface area contributed by atoms with Gasteiger partial charge < -0.3 is 19.1 Å². The zero-order valence-electron chi connectivity index (χ0n) is 21.1. The summed E-state index contributed by atoms with van der Waals surface area (Å²) in [6.07, 6.45) is 4.38. The van der Waals surface area contributed by atoms with Crippen LogP contribution in [0.25, 0.3) is 0 Å². The van der Waals surface area contributed by atoms with Crippen LogP contribution >= 0.6 is 15.9 Å². The average Bonchev–Trinajstić information content (AvgIpc) is 2.89. The topological polar surface area (TPSA) is 51.2 Å². The number of alkyl halides is 1. The van der Waals surface area contributed by atoms with Gasteiger partial charge in [-0.1, -0.05) is 28.1 Å². The molecule has 0 N–H and O–H groups in total. The van der Waals surface area contributed by atoms with E-state index in [1.165, 1.54) is 6.07 Å². The van der Waals surface area contributed by atoms with Gasteiger partial charge >= 0.3 is 6.03 Å². The lowest BCUT2D eigenvalue weighted by atomic mass is 9.78. The highest BCUT2D eigenvalue weighted by atomic mass is 79.9. The van der Waals surface area contributed by atoms with Crippen molar-refractivity contribution in [2.75, 3.05) is 45.1 Å². The number of hydrogen-bond donors (Lipinski definition) is 0. The van der Waals surface area contributed by atoms with E-state index in [2.05, 4.69) is 15.9 Å². The van der Waals surface area contributed by atoms with Crippen molar-refractivity contribution in [1.82, 2.24) is 4.90 Å². The SMILES string of the molecule is CO[C@H]1CC[C@](OC)(c2cc(F)cc(OCc3ccc(N(C)C(=O)N(C)CCCBr)cc3)c2)CC1. The molecule has 0 heterocycles. The first-order chi connectivity index (χ1) is 16.8. The lowest BCUT2D eigenvalue weighted by molar-refractivity contribution is -0.0764. The number of carbonyl (C=O) groups excluding carboxylic acids is 1. The number of hydrogen-bond acceptors (Lipinski definition) is 4. The normalized spacial score (nSPS) is 19.9. The van der Waals surface area contributed by atoms with Gasteiger partial charge in [0.2, 0.25) is 0 Å². The van der Waals surface area contributed by atoms with Gasteiger partial charge in [-0.3, -0.25) is 4.90 Å². The molecule has 0 radical (unpaired) electrons. The number of ether oxygens (including phenoxy) is 3. The van der Waals surface area contributed by atoms with Crippen molar-refractivity contribution in [1.29, 1.82) is 0 Å². The number of nitrogens with zero attached hydrogens (tertiary/aromatic N) is 2. The Labute approximate surface area is 216 Å². The highest BCUT2D eigenvalue weighted by molar-refractivity contribution is 9.09. The predicted molar refractivity (Wildman–Crippen MR) is 140 cm³/mol. The number of methoxy groups -OCH3 is 2. The van der Waals surface area contributed by atoms with Crippen molar-refractivity contribution in [2.45, 2.75) is 50.4 Å². The highest BCUT2D eigenvalue weighted by Crippen LogP contribution is 2.42. The van der Waals surface area contributed by atoms with E-state index < -0.39 is 5.60 Å². The maximum Gasteiger partial charge on any atom is 0.323 e. The third-order valence-corrected chi connectivity index (χ3v) is 7.39. The van der Waals surface area contributed by atoms with Crippen molar-refractivity contribution in [2.24, 2.45) is 0 Å². The van der Waals surface area contributed by atoms with Crippen LogP contribution in [0.15, 0.2) is 42.5 Å². The molecule has 1 saturated carbocycles.